The van der Waals surface area contributed by atoms with E-state index in [9.17, 15) is 14.7 Å². The first kappa shape index (κ1) is 30.0. The quantitative estimate of drug-likeness (QED) is 0.285. The number of amides is 1. The van der Waals surface area contributed by atoms with Gasteiger partial charge in [0, 0.05) is 31.1 Å². The maximum atomic E-state index is 13.4. The summed E-state index contributed by atoms with van der Waals surface area (Å²) in [5.74, 6) is -1.24. The molecule has 5 aliphatic rings. The Bertz CT molecular complexity index is 1380. The van der Waals surface area contributed by atoms with E-state index in [4.69, 9.17) is 5.53 Å². The SMILES string of the molecule is CC.Cc1c2ccc(c1N=N)NCCCCCCc1ccc(cc1)C(=O)N1CCc3ccc(cc3C1)C2CC(=O)O. The Morgan fingerprint density at radius 2 is 1.76 bits per heavy atom. The summed E-state index contributed by atoms with van der Waals surface area (Å²) >= 11 is 0. The van der Waals surface area contributed by atoms with E-state index in [1.165, 1.54) is 11.1 Å². The maximum absolute atomic E-state index is 13.4. The van der Waals surface area contributed by atoms with Crippen LogP contribution in [0.4, 0.5) is 11.4 Å². The summed E-state index contributed by atoms with van der Waals surface area (Å²) in [7, 11) is 0. The third-order valence-electron chi connectivity index (χ3n) is 8.18. The molecule has 7 nitrogen and oxygen atoms in total. The topological polar surface area (TPSA) is 106 Å². The number of rotatable bonds is 3. The van der Waals surface area contributed by atoms with E-state index in [2.05, 4.69) is 34.7 Å². The van der Waals surface area contributed by atoms with Gasteiger partial charge in [-0.15, -0.1) is 0 Å². The normalized spacial score (nSPS) is 17.1. The number of carbonyl (C=O) groups excluding carboxylic acids is 1. The van der Waals surface area contributed by atoms with Crippen molar-refractivity contribution < 1.29 is 14.7 Å². The fourth-order valence-electron chi connectivity index (χ4n) is 5.96. The van der Waals surface area contributed by atoms with Crippen molar-refractivity contribution in [3.05, 3.63) is 93.5 Å². The summed E-state index contributed by atoms with van der Waals surface area (Å²) in [5, 5.41) is 17.1. The van der Waals surface area contributed by atoms with Crippen LogP contribution in [0.5, 0.6) is 0 Å². The highest BCUT2D eigenvalue weighted by Gasteiger charge is 2.26. The van der Waals surface area contributed by atoms with Gasteiger partial charge in [0.1, 0.15) is 5.69 Å². The van der Waals surface area contributed by atoms with Gasteiger partial charge in [0.15, 0.2) is 0 Å². The second-order valence-electron chi connectivity index (χ2n) is 10.7. The molecule has 0 aromatic heterocycles. The van der Waals surface area contributed by atoms with Crippen molar-refractivity contribution in [3.8, 4) is 0 Å². The summed E-state index contributed by atoms with van der Waals surface area (Å²) in [4.78, 5) is 27.2. The van der Waals surface area contributed by atoms with Crippen molar-refractivity contribution in [2.24, 2.45) is 5.11 Å². The molecular weight excluding hydrogens is 512 g/mol. The smallest absolute Gasteiger partial charge is 0.304 e. The van der Waals surface area contributed by atoms with Crippen LogP contribution in [0.1, 0.15) is 95.6 Å². The zero-order chi connectivity index (χ0) is 29.4. The van der Waals surface area contributed by atoms with Crippen molar-refractivity contribution in [1.82, 2.24) is 4.90 Å². The highest BCUT2D eigenvalue weighted by molar-refractivity contribution is 5.94. The average molecular weight is 555 g/mol. The van der Waals surface area contributed by atoms with Crippen LogP contribution < -0.4 is 5.32 Å². The van der Waals surface area contributed by atoms with Gasteiger partial charge in [0.25, 0.3) is 5.91 Å². The second-order valence-corrected chi connectivity index (χ2v) is 10.7. The monoisotopic (exact) mass is 554 g/mol. The van der Waals surface area contributed by atoms with E-state index in [1.54, 1.807) is 0 Å². The zero-order valence-corrected chi connectivity index (χ0v) is 24.5. The minimum Gasteiger partial charge on any atom is -0.481 e. The number of carboxylic acids is 1. The number of hydrogen-bond donors (Lipinski definition) is 3. The van der Waals surface area contributed by atoms with Crippen molar-refractivity contribution >= 4 is 23.3 Å². The van der Waals surface area contributed by atoms with Gasteiger partial charge in [-0.2, -0.15) is 5.11 Å². The molecule has 0 fully saturated rings. The second kappa shape index (κ2) is 14.1. The molecular formula is C34H42N4O3. The van der Waals surface area contributed by atoms with Gasteiger partial charge in [-0.25, -0.2) is 5.53 Å². The van der Waals surface area contributed by atoms with E-state index >= 15 is 0 Å². The highest BCUT2D eigenvalue weighted by atomic mass is 16.4. The molecule has 1 atom stereocenters. The number of carboxylic acid groups (broad SMARTS) is 1. The Morgan fingerprint density at radius 3 is 2.49 bits per heavy atom. The van der Waals surface area contributed by atoms with Crippen molar-refractivity contribution in [2.45, 2.75) is 78.2 Å². The average Bonchev–Trinajstić information content (AvgIpc) is 2.99. The fourth-order valence-corrected chi connectivity index (χ4v) is 5.96. The summed E-state index contributed by atoms with van der Waals surface area (Å²) in [6.45, 7) is 7.87. The lowest BCUT2D eigenvalue weighted by Gasteiger charge is -2.30. The van der Waals surface area contributed by atoms with Gasteiger partial charge in [-0.05, 0) is 84.2 Å². The number of carbonyl (C=O) groups is 2. The number of aryl methyl sites for hydroxylation is 1. The molecule has 8 rings (SSSR count). The van der Waals surface area contributed by atoms with E-state index in [1.807, 2.05) is 56.0 Å². The summed E-state index contributed by atoms with van der Waals surface area (Å²) in [6, 6.07) is 18.1. The minimum atomic E-state index is -0.884. The van der Waals surface area contributed by atoms with E-state index < -0.39 is 5.97 Å². The molecule has 5 heterocycles. The van der Waals surface area contributed by atoms with Gasteiger partial charge in [-0.3, -0.25) is 9.59 Å². The molecule has 3 aromatic carbocycles. The molecule has 0 aliphatic carbocycles. The van der Waals surface area contributed by atoms with Crippen LogP contribution >= 0.6 is 0 Å². The molecule has 5 aliphatic heterocycles. The molecule has 1 amide bonds. The minimum absolute atomic E-state index is 0.0301. The molecule has 0 radical (unpaired) electrons. The highest BCUT2D eigenvalue weighted by Crippen LogP contribution is 2.39. The molecule has 41 heavy (non-hydrogen) atoms. The third kappa shape index (κ3) is 7.02. The van der Waals surface area contributed by atoms with E-state index in [0.717, 1.165) is 73.0 Å². The predicted molar refractivity (Wildman–Crippen MR) is 163 cm³/mol. The standard InChI is InChI=1S/C32H36N4O3.C2H6/c1-21-27-13-14-29(31(21)35-33)34-16-5-3-2-4-6-22-7-9-24(10-8-22)32(39)36-17-15-23-11-12-25(18-26(23)20-36)28(27)19-30(37)38;1-2/h7-14,18,28,33-34H,2-6,15-17,19-20H2,1H3,(H,37,38);1-2H3. The molecule has 0 spiro atoms. The predicted octanol–water partition coefficient (Wildman–Crippen LogP) is 8.02. The molecule has 0 saturated carbocycles. The third-order valence-corrected chi connectivity index (χ3v) is 8.18. The Morgan fingerprint density at radius 1 is 1.00 bits per heavy atom. The summed E-state index contributed by atoms with van der Waals surface area (Å²) in [6.07, 6.45) is 6.04. The van der Waals surface area contributed by atoms with Crippen LogP contribution in [0.3, 0.4) is 0 Å². The van der Waals surface area contributed by atoms with Crippen LogP contribution in [-0.2, 0) is 24.2 Å². The van der Waals surface area contributed by atoms with Crippen molar-refractivity contribution in [3.63, 3.8) is 0 Å². The lowest BCUT2D eigenvalue weighted by atomic mass is 9.83. The molecule has 7 bridgehead atoms. The van der Waals surface area contributed by atoms with Crippen LogP contribution in [0.2, 0.25) is 0 Å². The Balaban J connectivity index is 0.00000189. The van der Waals surface area contributed by atoms with Gasteiger partial charge < -0.3 is 15.3 Å². The zero-order valence-electron chi connectivity index (χ0n) is 24.5. The number of hydrogen-bond acceptors (Lipinski definition) is 5. The van der Waals surface area contributed by atoms with Crippen LogP contribution in [0.25, 0.3) is 0 Å². The first-order valence-electron chi connectivity index (χ1n) is 14.9. The maximum Gasteiger partial charge on any atom is 0.304 e. The molecule has 0 saturated heterocycles. The van der Waals surface area contributed by atoms with E-state index in [0.29, 0.717) is 24.3 Å². The Labute approximate surface area is 243 Å². The number of nitrogens with one attached hydrogen (secondary N) is 2. The van der Waals surface area contributed by atoms with Gasteiger partial charge in [0.05, 0.1) is 12.1 Å². The molecule has 7 heteroatoms. The largest absolute Gasteiger partial charge is 0.481 e. The first-order chi connectivity index (χ1) is 19.9. The molecule has 3 N–H and O–H groups in total. The van der Waals surface area contributed by atoms with Crippen LogP contribution in [-0.4, -0.2) is 35.0 Å². The number of aliphatic carboxylic acids is 1. The van der Waals surface area contributed by atoms with Crippen molar-refractivity contribution in [2.75, 3.05) is 18.4 Å². The Kier molecular flexibility index (Phi) is 10.3. The summed E-state index contributed by atoms with van der Waals surface area (Å²) < 4.78 is 0. The molecule has 216 valence electrons. The van der Waals surface area contributed by atoms with E-state index in [-0.39, 0.29) is 18.2 Å². The number of benzene rings is 3. The van der Waals surface area contributed by atoms with Crippen molar-refractivity contribution in [1.29, 1.82) is 5.53 Å². The van der Waals surface area contributed by atoms with Crippen LogP contribution in [0, 0.1) is 12.5 Å². The molecule has 3 aromatic rings. The summed E-state index contributed by atoms with van der Waals surface area (Å²) in [5.41, 5.74) is 16.0. The Hall–Kier alpha value is -4.00. The number of nitrogens with zero attached hydrogens (tertiary/aromatic N) is 2. The fraction of sp³-hybridized carbons (Fsp3) is 0.412. The van der Waals surface area contributed by atoms with Crippen LogP contribution in [0.15, 0.2) is 59.7 Å². The lowest BCUT2D eigenvalue weighted by Crippen LogP contribution is -2.36. The van der Waals surface area contributed by atoms with Gasteiger partial charge >= 0.3 is 5.97 Å². The van der Waals surface area contributed by atoms with Gasteiger partial charge in [0.2, 0.25) is 0 Å². The lowest BCUT2D eigenvalue weighted by molar-refractivity contribution is -0.137. The molecule has 1 unspecified atom stereocenters. The number of anilines is 1. The van der Waals surface area contributed by atoms with Gasteiger partial charge in [-0.1, -0.05) is 63.1 Å². The first-order valence-corrected chi connectivity index (χ1v) is 14.9.